The van der Waals surface area contributed by atoms with Gasteiger partial charge in [-0.15, -0.1) is 0 Å². The number of aliphatic hydroxyl groups is 1. The first-order valence-corrected chi connectivity index (χ1v) is 7.43. The smallest absolute Gasteiger partial charge is 0.375 e. The molecule has 2 atom stereocenters. The van der Waals surface area contributed by atoms with E-state index in [4.69, 9.17) is 34.8 Å². The van der Waals surface area contributed by atoms with Gasteiger partial charge in [0.15, 0.2) is 0 Å². The van der Waals surface area contributed by atoms with Gasteiger partial charge < -0.3 is 5.11 Å². The number of rotatable bonds is 3. The summed E-state index contributed by atoms with van der Waals surface area (Å²) in [5, 5.41) is 10.5. The summed E-state index contributed by atoms with van der Waals surface area (Å²) < 4.78 is 40.9. The van der Waals surface area contributed by atoms with Crippen LogP contribution in [0.5, 0.6) is 0 Å². The van der Waals surface area contributed by atoms with E-state index in [0.29, 0.717) is 0 Å². The number of alkyl halides is 3. The van der Waals surface area contributed by atoms with E-state index in [9.17, 15) is 18.3 Å². The highest BCUT2D eigenvalue weighted by atomic mass is 35.5. The average Bonchev–Trinajstić information content (AvgIpc) is 2.44. The van der Waals surface area contributed by atoms with Crippen LogP contribution in [-0.4, -0.2) is 21.3 Å². The van der Waals surface area contributed by atoms with E-state index in [0.717, 1.165) is 12.4 Å². The summed E-state index contributed by atoms with van der Waals surface area (Å²) in [6, 6.07) is 4.01. The lowest BCUT2D eigenvalue weighted by molar-refractivity contribution is -0.276. The van der Waals surface area contributed by atoms with Gasteiger partial charge in [-0.05, 0) is 17.7 Å². The van der Waals surface area contributed by atoms with Crippen molar-refractivity contribution in [1.82, 2.24) is 9.97 Å². The largest absolute Gasteiger partial charge is 0.423 e. The molecular weight excluding hydrogens is 376 g/mol. The first-order valence-electron chi connectivity index (χ1n) is 6.29. The van der Waals surface area contributed by atoms with E-state index in [1.807, 2.05) is 0 Å². The molecule has 0 radical (unpaired) electrons. The fourth-order valence-electron chi connectivity index (χ4n) is 2.22. The summed E-state index contributed by atoms with van der Waals surface area (Å²) in [6.45, 7) is 1.19. The van der Waals surface area contributed by atoms with Gasteiger partial charge >= 0.3 is 6.18 Å². The maximum Gasteiger partial charge on any atom is 0.423 e. The van der Waals surface area contributed by atoms with Crippen molar-refractivity contribution in [3.63, 3.8) is 0 Å². The van der Waals surface area contributed by atoms with Crippen LogP contribution in [0.2, 0.25) is 15.2 Å². The fraction of sp³-hybridized carbons (Fsp3) is 0.286. The Balaban J connectivity index is 2.63. The van der Waals surface area contributed by atoms with Gasteiger partial charge in [-0.3, -0.25) is 4.98 Å². The van der Waals surface area contributed by atoms with Gasteiger partial charge in [0.1, 0.15) is 10.8 Å². The maximum atomic E-state index is 13.6. The van der Waals surface area contributed by atoms with Crippen LogP contribution in [0.25, 0.3) is 0 Å². The molecule has 1 aromatic carbocycles. The van der Waals surface area contributed by atoms with Crippen LogP contribution < -0.4 is 0 Å². The summed E-state index contributed by atoms with van der Waals surface area (Å²) in [4.78, 5) is 7.14. The molecule has 0 amide bonds. The SMILES string of the molecule is CC(c1ccc(Cl)cc1Cl)C(O)(c1cncc(Cl)n1)C(F)(F)F. The Morgan fingerprint density at radius 3 is 2.30 bits per heavy atom. The molecule has 2 aromatic rings. The number of benzene rings is 1. The third-order valence-electron chi connectivity index (χ3n) is 3.48. The lowest BCUT2D eigenvalue weighted by Crippen LogP contribution is -2.47. The summed E-state index contributed by atoms with van der Waals surface area (Å²) in [5.74, 6) is -1.47. The molecule has 0 aliphatic carbocycles. The highest BCUT2D eigenvalue weighted by molar-refractivity contribution is 6.35. The second-order valence-corrected chi connectivity index (χ2v) is 6.11. The van der Waals surface area contributed by atoms with Gasteiger partial charge in [-0.25, -0.2) is 4.98 Å². The number of halogens is 6. The number of hydrogen-bond donors (Lipinski definition) is 1. The molecule has 1 heterocycles. The van der Waals surface area contributed by atoms with Gasteiger partial charge in [0.05, 0.1) is 12.4 Å². The maximum absolute atomic E-state index is 13.6. The van der Waals surface area contributed by atoms with E-state index >= 15 is 0 Å². The van der Waals surface area contributed by atoms with Crippen LogP contribution in [0, 0.1) is 0 Å². The first-order chi connectivity index (χ1) is 10.6. The molecule has 0 bridgehead atoms. The zero-order valence-electron chi connectivity index (χ0n) is 11.6. The van der Waals surface area contributed by atoms with Gasteiger partial charge in [0, 0.05) is 16.0 Å². The zero-order chi connectivity index (χ0) is 17.4. The molecule has 9 heteroatoms. The second kappa shape index (κ2) is 6.43. The highest BCUT2D eigenvalue weighted by Gasteiger charge is 2.60. The minimum Gasteiger partial charge on any atom is -0.375 e. The molecule has 1 N–H and O–H groups in total. The Hall–Kier alpha value is -1.08. The second-order valence-electron chi connectivity index (χ2n) is 4.88. The fourth-order valence-corrected chi connectivity index (χ4v) is 2.94. The number of aromatic nitrogens is 2. The number of hydrogen-bond acceptors (Lipinski definition) is 3. The monoisotopic (exact) mass is 384 g/mol. The summed E-state index contributed by atoms with van der Waals surface area (Å²) in [5.41, 5.74) is -3.96. The molecule has 124 valence electrons. The standard InChI is InChI=1S/C14H10Cl3F3N2O/c1-7(9-3-2-8(15)4-10(9)16)13(23,14(18,19)20)11-5-21-6-12(17)22-11/h2-7,23H,1H3. The van der Waals surface area contributed by atoms with E-state index < -0.39 is 23.4 Å². The Labute approximate surface area is 145 Å². The molecule has 3 nitrogen and oxygen atoms in total. The molecule has 0 fully saturated rings. The van der Waals surface area contributed by atoms with Gasteiger partial charge in [0.25, 0.3) is 0 Å². The zero-order valence-corrected chi connectivity index (χ0v) is 13.8. The van der Waals surface area contributed by atoms with Crippen LogP contribution in [0.4, 0.5) is 13.2 Å². The molecule has 2 unspecified atom stereocenters. The summed E-state index contributed by atoms with van der Waals surface area (Å²) >= 11 is 17.3. The lowest BCUT2D eigenvalue weighted by atomic mass is 9.80. The van der Waals surface area contributed by atoms with E-state index in [1.54, 1.807) is 0 Å². The van der Waals surface area contributed by atoms with Crippen LogP contribution in [0.3, 0.4) is 0 Å². The Morgan fingerprint density at radius 1 is 1.13 bits per heavy atom. The molecule has 0 saturated heterocycles. The molecular formula is C14H10Cl3F3N2O. The molecule has 23 heavy (non-hydrogen) atoms. The van der Waals surface area contributed by atoms with Crippen LogP contribution >= 0.6 is 34.8 Å². The van der Waals surface area contributed by atoms with E-state index in [-0.39, 0.29) is 20.8 Å². The molecule has 0 aliphatic rings. The van der Waals surface area contributed by atoms with Crippen molar-refractivity contribution in [2.24, 2.45) is 0 Å². The molecule has 0 spiro atoms. The van der Waals surface area contributed by atoms with Crippen molar-refractivity contribution in [3.05, 3.63) is 57.0 Å². The van der Waals surface area contributed by atoms with Crippen molar-refractivity contribution < 1.29 is 18.3 Å². The van der Waals surface area contributed by atoms with Crippen molar-refractivity contribution in [2.75, 3.05) is 0 Å². The minimum atomic E-state index is -5.03. The predicted molar refractivity (Wildman–Crippen MR) is 81.9 cm³/mol. The van der Waals surface area contributed by atoms with Gasteiger partial charge in [-0.1, -0.05) is 47.8 Å². The molecule has 0 saturated carbocycles. The minimum absolute atomic E-state index is 0.00247. The van der Waals surface area contributed by atoms with Crippen LogP contribution in [-0.2, 0) is 5.60 Å². The van der Waals surface area contributed by atoms with E-state index in [1.165, 1.54) is 25.1 Å². The molecule has 2 rings (SSSR count). The van der Waals surface area contributed by atoms with Crippen LogP contribution in [0.15, 0.2) is 30.6 Å². The molecule has 1 aromatic heterocycles. The summed E-state index contributed by atoms with van der Waals surface area (Å²) in [6.07, 6.45) is -3.14. The Kier molecular flexibility index (Phi) is 5.11. The predicted octanol–water partition coefficient (Wildman–Crippen LogP) is 4.99. The third kappa shape index (κ3) is 3.40. The third-order valence-corrected chi connectivity index (χ3v) is 4.23. The molecule has 0 aliphatic heterocycles. The summed E-state index contributed by atoms with van der Waals surface area (Å²) in [7, 11) is 0. The van der Waals surface area contributed by atoms with Crippen molar-refractivity contribution in [1.29, 1.82) is 0 Å². The number of nitrogens with zero attached hydrogens (tertiary/aromatic N) is 2. The normalized spacial score (nSPS) is 16.0. The first kappa shape index (κ1) is 18.3. The lowest BCUT2D eigenvalue weighted by Gasteiger charge is -2.35. The van der Waals surface area contributed by atoms with E-state index in [2.05, 4.69) is 9.97 Å². The Bertz CT molecular complexity index is 727. The highest BCUT2D eigenvalue weighted by Crippen LogP contribution is 2.49. The van der Waals surface area contributed by atoms with Crippen molar-refractivity contribution >= 4 is 34.8 Å². The van der Waals surface area contributed by atoms with Gasteiger partial charge in [-0.2, -0.15) is 13.2 Å². The topological polar surface area (TPSA) is 46.0 Å². The van der Waals surface area contributed by atoms with Crippen molar-refractivity contribution in [3.8, 4) is 0 Å². The van der Waals surface area contributed by atoms with Crippen molar-refractivity contribution in [2.45, 2.75) is 24.6 Å². The average molecular weight is 386 g/mol. The quantitative estimate of drug-likeness (QED) is 0.809. The van der Waals surface area contributed by atoms with Gasteiger partial charge in [0.2, 0.25) is 5.60 Å². The van der Waals surface area contributed by atoms with Crippen LogP contribution in [0.1, 0.15) is 24.1 Å². The Morgan fingerprint density at radius 2 is 1.78 bits per heavy atom.